The minimum absolute atomic E-state index is 0.328. The first kappa shape index (κ1) is 12.2. The van der Waals surface area contributed by atoms with E-state index in [1.807, 2.05) is 18.2 Å². The molecule has 0 N–H and O–H groups in total. The van der Waals surface area contributed by atoms with E-state index in [0.29, 0.717) is 18.1 Å². The van der Waals surface area contributed by atoms with Crippen molar-refractivity contribution in [2.45, 2.75) is 25.7 Å². The van der Waals surface area contributed by atoms with Gasteiger partial charge in [0.05, 0.1) is 11.6 Å². The van der Waals surface area contributed by atoms with E-state index < -0.39 is 0 Å². The molecule has 2 nitrogen and oxygen atoms in total. The minimum atomic E-state index is 0.328. The molecule has 3 heteroatoms. The van der Waals surface area contributed by atoms with Crippen molar-refractivity contribution in [2.24, 2.45) is 17.8 Å². The number of carbonyl (C=O) groups is 1. The maximum atomic E-state index is 12.2. The standard InChI is InChI=1S/C15H17BrO2/c1-18-15-3-2-9(4-13(15)16)5-14(17)12-7-10-6-11(10)8-12/h2-4,10-12H,5-8H2,1H3. The van der Waals surface area contributed by atoms with Crippen LogP contribution < -0.4 is 4.74 Å². The first-order valence-electron chi connectivity index (χ1n) is 6.52. The average molecular weight is 309 g/mol. The number of halogens is 1. The monoisotopic (exact) mass is 308 g/mol. The summed E-state index contributed by atoms with van der Waals surface area (Å²) in [6.07, 6.45) is 4.21. The van der Waals surface area contributed by atoms with Gasteiger partial charge in [-0.05, 0) is 64.7 Å². The van der Waals surface area contributed by atoms with Crippen molar-refractivity contribution in [2.75, 3.05) is 7.11 Å². The lowest BCUT2D eigenvalue weighted by atomic mass is 9.94. The van der Waals surface area contributed by atoms with E-state index in [-0.39, 0.29) is 0 Å². The zero-order valence-corrected chi connectivity index (χ0v) is 12.1. The second-order valence-electron chi connectivity index (χ2n) is 5.54. The van der Waals surface area contributed by atoms with Gasteiger partial charge in [0.25, 0.3) is 0 Å². The van der Waals surface area contributed by atoms with Gasteiger partial charge >= 0.3 is 0 Å². The fourth-order valence-corrected chi connectivity index (χ4v) is 3.73. The Bertz CT molecular complexity index is 473. The van der Waals surface area contributed by atoms with Crippen LogP contribution in [0.3, 0.4) is 0 Å². The van der Waals surface area contributed by atoms with Crippen molar-refractivity contribution in [3.05, 3.63) is 28.2 Å². The highest BCUT2D eigenvalue weighted by atomic mass is 79.9. The molecule has 0 aliphatic heterocycles. The van der Waals surface area contributed by atoms with Crippen LogP contribution >= 0.6 is 15.9 Å². The molecule has 18 heavy (non-hydrogen) atoms. The molecular formula is C15H17BrO2. The van der Waals surface area contributed by atoms with Gasteiger partial charge < -0.3 is 4.74 Å². The normalized spacial score (nSPS) is 28.9. The second-order valence-corrected chi connectivity index (χ2v) is 6.39. The molecule has 2 unspecified atom stereocenters. The SMILES string of the molecule is COc1ccc(CC(=O)C2CC3CC3C2)cc1Br. The average Bonchev–Trinajstić information content (AvgIpc) is 2.96. The Hall–Kier alpha value is -0.830. The summed E-state index contributed by atoms with van der Waals surface area (Å²) < 4.78 is 6.11. The number of carbonyl (C=O) groups excluding carboxylic acids is 1. The number of rotatable bonds is 4. The molecule has 2 aliphatic rings. The molecular weight excluding hydrogens is 292 g/mol. The zero-order chi connectivity index (χ0) is 12.7. The minimum Gasteiger partial charge on any atom is -0.496 e. The van der Waals surface area contributed by atoms with Crippen molar-refractivity contribution in [3.8, 4) is 5.75 Å². The maximum absolute atomic E-state index is 12.2. The molecule has 0 bridgehead atoms. The number of methoxy groups -OCH3 is 1. The molecule has 1 aromatic carbocycles. The molecule has 3 rings (SSSR count). The highest BCUT2D eigenvalue weighted by molar-refractivity contribution is 9.10. The summed E-state index contributed by atoms with van der Waals surface area (Å²) in [6, 6.07) is 5.89. The van der Waals surface area contributed by atoms with Crippen LogP contribution in [0.4, 0.5) is 0 Å². The smallest absolute Gasteiger partial charge is 0.140 e. The summed E-state index contributed by atoms with van der Waals surface area (Å²) >= 11 is 3.46. The van der Waals surface area contributed by atoms with Crippen LogP contribution in [0, 0.1) is 17.8 Å². The van der Waals surface area contributed by atoms with Gasteiger partial charge in [-0.2, -0.15) is 0 Å². The van der Waals surface area contributed by atoms with Crippen molar-refractivity contribution in [1.29, 1.82) is 0 Å². The lowest BCUT2D eigenvalue weighted by molar-refractivity contribution is -0.122. The zero-order valence-electron chi connectivity index (χ0n) is 10.5. The van der Waals surface area contributed by atoms with Crippen LogP contribution in [0.25, 0.3) is 0 Å². The number of hydrogen-bond acceptors (Lipinski definition) is 2. The Balaban J connectivity index is 1.65. The highest BCUT2D eigenvalue weighted by Gasteiger charge is 2.47. The van der Waals surface area contributed by atoms with Crippen LogP contribution in [0.1, 0.15) is 24.8 Å². The van der Waals surface area contributed by atoms with E-state index in [0.717, 1.165) is 40.5 Å². The molecule has 0 heterocycles. The number of fused-ring (bicyclic) bond motifs is 1. The number of ketones is 1. The first-order valence-corrected chi connectivity index (χ1v) is 7.32. The molecule has 2 aliphatic carbocycles. The summed E-state index contributed by atoms with van der Waals surface area (Å²) in [4.78, 5) is 12.2. The molecule has 2 atom stereocenters. The van der Waals surface area contributed by atoms with Gasteiger partial charge in [0.2, 0.25) is 0 Å². The molecule has 2 fully saturated rings. The van der Waals surface area contributed by atoms with E-state index in [4.69, 9.17) is 4.74 Å². The first-order chi connectivity index (χ1) is 8.67. The van der Waals surface area contributed by atoms with Crippen LogP contribution in [0.5, 0.6) is 5.75 Å². The number of hydrogen-bond donors (Lipinski definition) is 0. The van der Waals surface area contributed by atoms with Crippen LogP contribution in [0.2, 0.25) is 0 Å². The van der Waals surface area contributed by atoms with Crippen LogP contribution in [-0.4, -0.2) is 12.9 Å². The Morgan fingerprint density at radius 1 is 1.33 bits per heavy atom. The Kier molecular flexibility index (Phi) is 3.18. The highest BCUT2D eigenvalue weighted by Crippen LogP contribution is 2.54. The van der Waals surface area contributed by atoms with E-state index in [2.05, 4.69) is 15.9 Å². The topological polar surface area (TPSA) is 26.3 Å². The van der Waals surface area contributed by atoms with Gasteiger partial charge in [-0.25, -0.2) is 0 Å². The predicted octanol–water partition coefficient (Wildman–Crippen LogP) is 3.62. The van der Waals surface area contributed by atoms with Crippen molar-refractivity contribution in [3.63, 3.8) is 0 Å². The fourth-order valence-electron chi connectivity index (χ4n) is 3.14. The third-order valence-corrected chi connectivity index (χ3v) is 4.91. The van der Waals surface area contributed by atoms with Crippen LogP contribution in [0.15, 0.2) is 22.7 Å². The molecule has 0 amide bonds. The van der Waals surface area contributed by atoms with Crippen molar-refractivity contribution in [1.82, 2.24) is 0 Å². The summed E-state index contributed by atoms with van der Waals surface area (Å²) in [5, 5.41) is 0. The third kappa shape index (κ3) is 2.33. The fraction of sp³-hybridized carbons (Fsp3) is 0.533. The molecule has 0 saturated heterocycles. The molecule has 0 aromatic heterocycles. The maximum Gasteiger partial charge on any atom is 0.140 e. The lowest BCUT2D eigenvalue weighted by Crippen LogP contribution is -2.15. The van der Waals surface area contributed by atoms with Crippen molar-refractivity contribution < 1.29 is 9.53 Å². The van der Waals surface area contributed by atoms with Crippen molar-refractivity contribution >= 4 is 21.7 Å². The molecule has 0 spiro atoms. The van der Waals surface area contributed by atoms with Gasteiger partial charge in [0.15, 0.2) is 0 Å². The molecule has 0 radical (unpaired) electrons. The Labute approximate surface area is 116 Å². The molecule has 1 aromatic rings. The van der Waals surface area contributed by atoms with Gasteiger partial charge in [0, 0.05) is 12.3 Å². The molecule has 2 saturated carbocycles. The summed E-state index contributed by atoms with van der Waals surface area (Å²) in [6.45, 7) is 0. The van der Waals surface area contributed by atoms with E-state index in [1.54, 1.807) is 7.11 Å². The Morgan fingerprint density at radius 2 is 2.06 bits per heavy atom. The van der Waals surface area contributed by atoms with Gasteiger partial charge in [0.1, 0.15) is 11.5 Å². The van der Waals surface area contributed by atoms with E-state index >= 15 is 0 Å². The molecule has 96 valence electrons. The lowest BCUT2D eigenvalue weighted by Gasteiger charge is -2.11. The van der Waals surface area contributed by atoms with E-state index in [9.17, 15) is 4.79 Å². The second kappa shape index (κ2) is 4.69. The van der Waals surface area contributed by atoms with Crippen LogP contribution in [-0.2, 0) is 11.2 Å². The predicted molar refractivity (Wildman–Crippen MR) is 73.7 cm³/mol. The number of Topliss-reactive ketones (excluding diaryl/α,β-unsaturated/α-hetero) is 1. The largest absolute Gasteiger partial charge is 0.496 e. The Morgan fingerprint density at radius 3 is 2.67 bits per heavy atom. The summed E-state index contributed by atoms with van der Waals surface area (Å²) in [7, 11) is 1.65. The third-order valence-electron chi connectivity index (χ3n) is 4.29. The number of ether oxygens (including phenoxy) is 1. The number of benzene rings is 1. The summed E-state index contributed by atoms with van der Waals surface area (Å²) in [5.74, 6) is 3.31. The van der Waals surface area contributed by atoms with Gasteiger partial charge in [-0.15, -0.1) is 0 Å². The van der Waals surface area contributed by atoms with Gasteiger partial charge in [-0.1, -0.05) is 6.07 Å². The van der Waals surface area contributed by atoms with E-state index in [1.165, 1.54) is 6.42 Å². The van der Waals surface area contributed by atoms with Gasteiger partial charge in [-0.3, -0.25) is 4.79 Å². The summed E-state index contributed by atoms with van der Waals surface area (Å²) in [5.41, 5.74) is 1.08. The quantitative estimate of drug-likeness (QED) is 0.849.